The highest BCUT2D eigenvalue weighted by atomic mass is 35.7. The Morgan fingerprint density at radius 3 is 2.39 bits per heavy atom. The summed E-state index contributed by atoms with van der Waals surface area (Å²) in [5.74, 6) is 1.19. The van der Waals surface area contributed by atoms with Gasteiger partial charge in [-0.05, 0) is 43.0 Å². The van der Waals surface area contributed by atoms with E-state index in [1.807, 2.05) is 6.92 Å². The summed E-state index contributed by atoms with van der Waals surface area (Å²) in [6.07, 6.45) is 1.05. The first-order chi connectivity index (χ1) is 8.25. The van der Waals surface area contributed by atoms with Crippen molar-refractivity contribution in [1.29, 1.82) is 0 Å². The summed E-state index contributed by atoms with van der Waals surface area (Å²) in [7, 11) is 1.68. The fourth-order valence-electron chi connectivity index (χ4n) is 1.53. The topological polar surface area (TPSA) is 43.4 Å². The van der Waals surface area contributed by atoms with Gasteiger partial charge in [-0.25, -0.2) is 8.42 Å². The maximum Gasteiger partial charge on any atom is 0.261 e. The summed E-state index contributed by atoms with van der Waals surface area (Å²) in [6.45, 7) is 8.38. The monoisotopic (exact) mass is 290 g/mol. The number of benzene rings is 1. The molecule has 0 fully saturated rings. The molecule has 0 amide bonds. The van der Waals surface area contributed by atoms with E-state index in [0.29, 0.717) is 18.1 Å². The molecule has 1 atom stereocenters. The van der Waals surface area contributed by atoms with Crippen molar-refractivity contribution in [2.24, 2.45) is 5.92 Å². The van der Waals surface area contributed by atoms with Crippen LogP contribution in [0.15, 0.2) is 17.0 Å². The molecule has 102 valence electrons. The third kappa shape index (κ3) is 3.89. The second-order valence-corrected chi connectivity index (χ2v) is 7.18. The Hall–Kier alpha value is -0.740. The Labute approximate surface area is 114 Å². The van der Waals surface area contributed by atoms with Gasteiger partial charge in [-0.3, -0.25) is 0 Å². The molecule has 1 unspecified atom stereocenters. The van der Waals surface area contributed by atoms with E-state index in [0.717, 1.165) is 17.7 Å². The summed E-state index contributed by atoms with van der Waals surface area (Å²) in [5, 5.41) is 0. The second kappa shape index (κ2) is 5.93. The Kier molecular flexibility index (Phi) is 5.05. The van der Waals surface area contributed by atoms with E-state index in [1.165, 1.54) is 0 Å². The van der Waals surface area contributed by atoms with Gasteiger partial charge in [0.1, 0.15) is 5.75 Å². The largest absolute Gasteiger partial charge is 0.493 e. The lowest BCUT2D eigenvalue weighted by atomic mass is 10.1. The van der Waals surface area contributed by atoms with Crippen LogP contribution in [0.25, 0.3) is 0 Å². The molecule has 1 aromatic carbocycles. The smallest absolute Gasteiger partial charge is 0.261 e. The molecule has 0 saturated carbocycles. The van der Waals surface area contributed by atoms with Crippen LogP contribution in [0.2, 0.25) is 0 Å². The van der Waals surface area contributed by atoms with Gasteiger partial charge in [-0.1, -0.05) is 20.3 Å². The highest BCUT2D eigenvalue weighted by Gasteiger charge is 2.16. The molecule has 0 N–H and O–H groups in total. The Bertz CT molecular complexity index is 523. The number of aryl methyl sites for hydroxylation is 2. The predicted octanol–water partition coefficient (Wildman–Crippen LogP) is 3.66. The van der Waals surface area contributed by atoms with E-state index in [4.69, 9.17) is 15.4 Å². The molecule has 5 heteroatoms. The van der Waals surface area contributed by atoms with Gasteiger partial charge in [-0.15, -0.1) is 0 Å². The van der Waals surface area contributed by atoms with Gasteiger partial charge in [-0.2, -0.15) is 0 Å². The van der Waals surface area contributed by atoms with Crippen molar-refractivity contribution >= 4 is 19.7 Å². The van der Waals surface area contributed by atoms with Crippen molar-refractivity contribution in [3.63, 3.8) is 0 Å². The summed E-state index contributed by atoms with van der Waals surface area (Å²) in [6, 6.07) is 3.29. The van der Waals surface area contributed by atoms with E-state index < -0.39 is 9.05 Å². The van der Waals surface area contributed by atoms with Crippen LogP contribution in [0.4, 0.5) is 0 Å². The Morgan fingerprint density at radius 2 is 1.89 bits per heavy atom. The summed E-state index contributed by atoms with van der Waals surface area (Å²) in [5.41, 5.74) is 1.39. The zero-order valence-corrected chi connectivity index (χ0v) is 12.7. The third-order valence-electron chi connectivity index (χ3n) is 2.96. The van der Waals surface area contributed by atoms with E-state index in [-0.39, 0.29) is 4.90 Å². The van der Waals surface area contributed by atoms with Crippen LogP contribution in [0, 0.1) is 19.8 Å². The maximum atomic E-state index is 11.4. The molecule has 0 aliphatic carbocycles. The number of hydrogen-bond acceptors (Lipinski definition) is 3. The van der Waals surface area contributed by atoms with E-state index in [1.54, 1.807) is 19.1 Å². The molecule has 1 aromatic rings. The minimum absolute atomic E-state index is 0.151. The van der Waals surface area contributed by atoms with Crippen molar-refractivity contribution in [3.05, 3.63) is 23.3 Å². The molecule has 0 saturated heterocycles. The van der Waals surface area contributed by atoms with Crippen LogP contribution < -0.4 is 4.74 Å². The summed E-state index contributed by atoms with van der Waals surface area (Å²) in [4.78, 5) is 0.151. The summed E-state index contributed by atoms with van der Waals surface area (Å²) < 4.78 is 28.4. The van der Waals surface area contributed by atoms with E-state index in [9.17, 15) is 8.42 Å². The quantitative estimate of drug-likeness (QED) is 0.777. The van der Waals surface area contributed by atoms with Crippen molar-refractivity contribution in [2.75, 3.05) is 6.61 Å². The molecule has 18 heavy (non-hydrogen) atoms. The zero-order chi connectivity index (χ0) is 13.9. The van der Waals surface area contributed by atoms with Gasteiger partial charge < -0.3 is 4.74 Å². The van der Waals surface area contributed by atoms with Gasteiger partial charge >= 0.3 is 0 Å². The number of hydrogen-bond donors (Lipinski definition) is 0. The SMILES string of the molecule is CCC(C)COc1cc(C)c(S(=O)(=O)Cl)cc1C. The standard InChI is InChI=1S/C13H19ClO3S/c1-5-9(2)8-17-12-6-11(4)13(7-10(12)3)18(14,15)16/h6-7,9H,5,8H2,1-4H3. The molecular formula is C13H19ClO3S. The molecule has 1 rings (SSSR count). The van der Waals surface area contributed by atoms with Crippen LogP contribution in [0.5, 0.6) is 5.75 Å². The van der Waals surface area contributed by atoms with E-state index in [2.05, 4.69) is 13.8 Å². The minimum Gasteiger partial charge on any atom is -0.493 e. The minimum atomic E-state index is -3.69. The van der Waals surface area contributed by atoms with Crippen molar-refractivity contribution < 1.29 is 13.2 Å². The average molecular weight is 291 g/mol. The normalized spacial score (nSPS) is 13.4. The highest BCUT2D eigenvalue weighted by molar-refractivity contribution is 8.13. The predicted molar refractivity (Wildman–Crippen MR) is 73.9 cm³/mol. The third-order valence-corrected chi connectivity index (χ3v) is 4.42. The number of halogens is 1. The van der Waals surface area contributed by atoms with Crippen LogP contribution in [-0.2, 0) is 9.05 Å². The molecule has 0 heterocycles. The number of rotatable bonds is 5. The van der Waals surface area contributed by atoms with Crippen molar-refractivity contribution in [1.82, 2.24) is 0 Å². The first kappa shape index (κ1) is 15.3. The van der Waals surface area contributed by atoms with Crippen LogP contribution in [-0.4, -0.2) is 15.0 Å². The molecule has 0 aromatic heterocycles. The number of ether oxygens (including phenoxy) is 1. The average Bonchev–Trinajstić information content (AvgIpc) is 2.27. The van der Waals surface area contributed by atoms with Crippen molar-refractivity contribution in [3.8, 4) is 5.75 Å². The molecular weight excluding hydrogens is 272 g/mol. The molecule has 3 nitrogen and oxygen atoms in total. The first-order valence-corrected chi connectivity index (χ1v) is 8.25. The first-order valence-electron chi connectivity index (χ1n) is 5.94. The van der Waals surface area contributed by atoms with E-state index >= 15 is 0 Å². The highest BCUT2D eigenvalue weighted by Crippen LogP contribution is 2.28. The van der Waals surface area contributed by atoms with Gasteiger partial charge in [0.2, 0.25) is 0 Å². The fraction of sp³-hybridized carbons (Fsp3) is 0.538. The van der Waals surface area contributed by atoms with Crippen LogP contribution >= 0.6 is 10.7 Å². The van der Waals surface area contributed by atoms with Gasteiger partial charge in [0.25, 0.3) is 9.05 Å². The summed E-state index contributed by atoms with van der Waals surface area (Å²) >= 11 is 0. The second-order valence-electron chi connectivity index (χ2n) is 4.65. The van der Waals surface area contributed by atoms with Crippen molar-refractivity contribution in [2.45, 2.75) is 39.0 Å². The lowest BCUT2D eigenvalue weighted by Gasteiger charge is -2.14. The Balaban J connectivity index is 3.01. The maximum absolute atomic E-state index is 11.4. The molecule has 0 spiro atoms. The van der Waals surface area contributed by atoms with Crippen LogP contribution in [0.1, 0.15) is 31.4 Å². The lowest BCUT2D eigenvalue weighted by molar-refractivity contribution is 0.255. The molecule has 0 aliphatic rings. The van der Waals surface area contributed by atoms with Gasteiger partial charge in [0.05, 0.1) is 11.5 Å². The zero-order valence-electron chi connectivity index (χ0n) is 11.2. The lowest BCUT2D eigenvalue weighted by Crippen LogP contribution is -2.08. The Morgan fingerprint density at radius 1 is 1.28 bits per heavy atom. The molecule has 0 bridgehead atoms. The van der Waals surface area contributed by atoms with Gasteiger partial charge in [0, 0.05) is 10.7 Å². The molecule has 0 aliphatic heterocycles. The van der Waals surface area contributed by atoms with Crippen LogP contribution in [0.3, 0.4) is 0 Å². The van der Waals surface area contributed by atoms with Gasteiger partial charge in [0.15, 0.2) is 0 Å². The fourth-order valence-corrected chi connectivity index (χ4v) is 2.79. The molecule has 0 radical (unpaired) electrons.